The molecule has 1 aliphatic rings. The highest BCUT2D eigenvalue weighted by molar-refractivity contribution is 6.49. The number of nitrogens with zero attached hydrogens (tertiary/aromatic N) is 1. The summed E-state index contributed by atoms with van der Waals surface area (Å²) in [5, 5.41) is 11.4. The van der Waals surface area contributed by atoms with Crippen molar-refractivity contribution < 1.29 is 10.0 Å². The summed E-state index contributed by atoms with van der Waals surface area (Å²) in [6.45, 7) is 0. The number of oxime groups is 1. The summed E-state index contributed by atoms with van der Waals surface area (Å²) in [7, 11) is 0. The number of Topliss-reactive ketones (excluding diaryl/α,β-unsaturated/α-hetero) is 1. The Kier molecular flexibility index (Phi) is 1.43. The summed E-state index contributed by atoms with van der Waals surface area (Å²) >= 11 is 0. The standard InChI is InChI=1S/C9H7NO2/c11-9-7-4-2-1-3-6(7)5-8(9)10-12/h1-4,12H,5H2/b10-8+. The zero-order chi connectivity index (χ0) is 8.55. The zero-order valence-electron chi connectivity index (χ0n) is 6.32. The highest BCUT2D eigenvalue weighted by Gasteiger charge is 2.25. The van der Waals surface area contributed by atoms with Gasteiger partial charge in [0, 0.05) is 12.0 Å². The Balaban J connectivity index is 2.56. The molecule has 12 heavy (non-hydrogen) atoms. The van der Waals surface area contributed by atoms with E-state index in [-0.39, 0.29) is 11.5 Å². The van der Waals surface area contributed by atoms with E-state index in [1.807, 2.05) is 12.1 Å². The minimum Gasteiger partial charge on any atom is -0.411 e. The van der Waals surface area contributed by atoms with Gasteiger partial charge in [-0.3, -0.25) is 4.79 Å². The molecule has 1 aromatic carbocycles. The van der Waals surface area contributed by atoms with E-state index in [4.69, 9.17) is 5.21 Å². The fraction of sp³-hybridized carbons (Fsp3) is 0.111. The van der Waals surface area contributed by atoms with Gasteiger partial charge < -0.3 is 5.21 Å². The Bertz CT molecular complexity index is 369. The Morgan fingerprint density at radius 1 is 1.33 bits per heavy atom. The van der Waals surface area contributed by atoms with E-state index in [0.29, 0.717) is 12.0 Å². The van der Waals surface area contributed by atoms with Crippen molar-refractivity contribution in [3.63, 3.8) is 0 Å². The molecule has 2 rings (SSSR count). The number of carbonyl (C=O) groups excluding carboxylic acids is 1. The van der Waals surface area contributed by atoms with E-state index in [1.165, 1.54) is 0 Å². The van der Waals surface area contributed by atoms with Gasteiger partial charge in [-0.15, -0.1) is 0 Å². The molecule has 0 saturated carbocycles. The first-order valence-electron chi connectivity index (χ1n) is 3.66. The zero-order valence-corrected chi connectivity index (χ0v) is 6.32. The molecular formula is C9H7NO2. The molecule has 0 spiro atoms. The molecule has 1 aliphatic carbocycles. The second kappa shape index (κ2) is 2.44. The second-order valence-electron chi connectivity index (χ2n) is 2.71. The number of hydrogen-bond donors (Lipinski definition) is 1. The van der Waals surface area contributed by atoms with Crippen molar-refractivity contribution in [1.82, 2.24) is 0 Å². The topological polar surface area (TPSA) is 49.7 Å². The molecule has 0 aromatic heterocycles. The van der Waals surface area contributed by atoms with Crippen molar-refractivity contribution in [3.8, 4) is 0 Å². The lowest BCUT2D eigenvalue weighted by Crippen LogP contribution is -2.06. The van der Waals surface area contributed by atoms with Crippen LogP contribution in [0.25, 0.3) is 0 Å². The first-order chi connectivity index (χ1) is 5.83. The van der Waals surface area contributed by atoms with Crippen molar-refractivity contribution in [3.05, 3.63) is 35.4 Å². The van der Waals surface area contributed by atoms with Crippen molar-refractivity contribution in [2.24, 2.45) is 5.16 Å². The summed E-state index contributed by atoms with van der Waals surface area (Å²) in [4.78, 5) is 11.3. The van der Waals surface area contributed by atoms with Crippen molar-refractivity contribution >= 4 is 11.5 Å². The van der Waals surface area contributed by atoms with Gasteiger partial charge in [-0.05, 0) is 5.56 Å². The fourth-order valence-electron chi connectivity index (χ4n) is 1.39. The van der Waals surface area contributed by atoms with Gasteiger partial charge in [0.15, 0.2) is 0 Å². The number of carbonyl (C=O) groups is 1. The van der Waals surface area contributed by atoms with Gasteiger partial charge in [0.1, 0.15) is 5.71 Å². The maximum absolute atomic E-state index is 11.3. The van der Waals surface area contributed by atoms with Crippen LogP contribution < -0.4 is 0 Å². The molecule has 0 aliphatic heterocycles. The molecule has 60 valence electrons. The van der Waals surface area contributed by atoms with Crippen LogP contribution in [0, 0.1) is 0 Å². The van der Waals surface area contributed by atoms with Gasteiger partial charge in [0.25, 0.3) is 0 Å². The number of benzene rings is 1. The molecule has 1 N–H and O–H groups in total. The monoisotopic (exact) mass is 161 g/mol. The minimum absolute atomic E-state index is 0.159. The average molecular weight is 161 g/mol. The highest BCUT2D eigenvalue weighted by Crippen LogP contribution is 2.19. The molecule has 0 heterocycles. The Morgan fingerprint density at radius 2 is 2.08 bits per heavy atom. The third kappa shape index (κ3) is 0.830. The lowest BCUT2D eigenvalue weighted by molar-refractivity contribution is 0.106. The van der Waals surface area contributed by atoms with Gasteiger partial charge in [-0.1, -0.05) is 29.4 Å². The van der Waals surface area contributed by atoms with Gasteiger partial charge in [-0.25, -0.2) is 0 Å². The Hall–Kier alpha value is -1.64. The molecule has 0 unspecified atom stereocenters. The van der Waals surface area contributed by atoms with E-state index in [9.17, 15) is 4.79 Å². The molecule has 0 atom stereocenters. The van der Waals surface area contributed by atoms with E-state index >= 15 is 0 Å². The van der Waals surface area contributed by atoms with Crippen molar-refractivity contribution in [2.75, 3.05) is 0 Å². The highest BCUT2D eigenvalue weighted by atomic mass is 16.4. The SMILES string of the molecule is O=C1/C(=N/O)Cc2ccccc21. The first-order valence-corrected chi connectivity index (χ1v) is 3.66. The molecule has 0 saturated heterocycles. The number of rotatable bonds is 0. The summed E-state index contributed by atoms with van der Waals surface area (Å²) in [5.74, 6) is -0.159. The van der Waals surface area contributed by atoms with Crippen molar-refractivity contribution in [1.29, 1.82) is 0 Å². The van der Waals surface area contributed by atoms with Gasteiger partial charge in [0.2, 0.25) is 5.78 Å². The van der Waals surface area contributed by atoms with Crippen LogP contribution in [0.3, 0.4) is 0 Å². The summed E-state index contributed by atoms with van der Waals surface area (Å²) < 4.78 is 0. The van der Waals surface area contributed by atoms with Crippen LogP contribution in [0.4, 0.5) is 0 Å². The number of ketones is 1. The molecule has 0 fully saturated rings. The fourth-order valence-corrected chi connectivity index (χ4v) is 1.39. The average Bonchev–Trinajstić information content (AvgIpc) is 2.44. The lowest BCUT2D eigenvalue weighted by Gasteiger charge is -1.91. The summed E-state index contributed by atoms with van der Waals surface area (Å²) in [5.41, 5.74) is 1.83. The second-order valence-corrected chi connectivity index (χ2v) is 2.71. The molecule has 0 bridgehead atoms. The predicted molar refractivity (Wildman–Crippen MR) is 43.7 cm³/mol. The maximum Gasteiger partial charge on any atom is 0.211 e. The maximum atomic E-state index is 11.3. The normalized spacial score (nSPS) is 18.3. The van der Waals surface area contributed by atoms with Crippen LogP contribution in [-0.4, -0.2) is 16.7 Å². The van der Waals surface area contributed by atoms with Gasteiger partial charge >= 0.3 is 0 Å². The van der Waals surface area contributed by atoms with Gasteiger partial charge in [0.05, 0.1) is 0 Å². The van der Waals surface area contributed by atoms with Crippen LogP contribution in [0.1, 0.15) is 15.9 Å². The quantitative estimate of drug-likeness (QED) is 0.460. The molecule has 0 amide bonds. The van der Waals surface area contributed by atoms with Crippen LogP contribution in [-0.2, 0) is 6.42 Å². The van der Waals surface area contributed by atoms with Crippen molar-refractivity contribution in [2.45, 2.75) is 6.42 Å². The number of fused-ring (bicyclic) bond motifs is 1. The van der Waals surface area contributed by atoms with E-state index in [0.717, 1.165) is 5.56 Å². The summed E-state index contributed by atoms with van der Waals surface area (Å²) in [6.07, 6.45) is 0.450. The van der Waals surface area contributed by atoms with E-state index < -0.39 is 0 Å². The van der Waals surface area contributed by atoms with Crippen LogP contribution in [0.2, 0.25) is 0 Å². The smallest absolute Gasteiger partial charge is 0.211 e. The van der Waals surface area contributed by atoms with Gasteiger partial charge in [-0.2, -0.15) is 0 Å². The molecular weight excluding hydrogens is 154 g/mol. The largest absolute Gasteiger partial charge is 0.411 e. The number of hydrogen-bond acceptors (Lipinski definition) is 3. The predicted octanol–water partition coefficient (Wildman–Crippen LogP) is 1.26. The summed E-state index contributed by atoms with van der Waals surface area (Å²) in [6, 6.07) is 7.28. The van der Waals surface area contributed by atoms with Crippen LogP contribution in [0.15, 0.2) is 29.4 Å². The molecule has 0 radical (unpaired) electrons. The third-order valence-electron chi connectivity index (χ3n) is 2.00. The molecule has 1 aromatic rings. The molecule has 3 heteroatoms. The third-order valence-corrected chi connectivity index (χ3v) is 2.00. The first kappa shape index (κ1) is 7.03. The molecule has 3 nitrogen and oxygen atoms in total. The van der Waals surface area contributed by atoms with E-state index in [2.05, 4.69) is 5.16 Å². The lowest BCUT2D eigenvalue weighted by atomic mass is 10.1. The Morgan fingerprint density at radius 3 is 2.75 bits per heavy atom. The minimum atomic E-state index is -0.159. The van der Waals surface area contributed by atoms with Crippen LogP contribution in [0.5, 0.6) is 0 Å². The van der Waals surface area contributed by atoms with Crippen LogP contribution >= 0.6 is 0 Å². The van der Waals surface area contributed by atoms with E-state index in [1.54, 1.807) is 12.1 Å². The Labute approximate surface area is 69.3 Å².